The molecule has 0 aromatic rings. The number of hydrogen-bond acceptors (Lipinski definition) is 6. The van der Waals surface area contributed by atoms with E-state index in [1.165, 1.54) is 0 Å². The Morgan fingerprint density at radius 1 is 0.857 bits per heavy atom. The molecule has 0 bridgehead atoms. The predicted molar refractivity (Wildman–Crippen MR) is 110 cm³/mol. The minimum absolute atomic E-state index is 0.296. The molecule has 0 spiro atoms. The molecule has 166 valence electrons. The van der Waals surface area contributed by atoms with E-state index >= 15 is 0 Å². The highest BCUT2D eigenvalue weighted by Crippen LogP contribution is 2.11. The van der Waals surface area contributed by atoms with Gasteiger partial charge in [-0.3, -0.25) is 0 Å². The van der Waals surface area contributed by atoms with Crippen LogP contribution in [0, 0.1) is 0 Å². The van der Waals surface area contributed by atoms with E-state index < -0.39 is 17.3 Å². The van der Waals surface area contributed by atoms with E-state index in [0.717, 1.165) is 25.7 Å². The fourth-order valence-electron chi connectivity index (χ4n) is 2.19. The third-order valence-electron chi connectivity index (χ3n) is 3.38. The zero-order chi connectivity index (χ0) is 21.6. The van der Waals surface area contributed by atoms with Crippen LogP contribution in [0.25, 0.3) is 0 Å². The quantitative estimate of drug-likeness (QED) is 0.485. The van der Waals surface area contributed by atoms with Crippen LogP contribution in [0.5, 0.6) is 0 Å². The Bertz CT molecular complexity index is 444. The van der Waals surface area contributed by atoms with Gasteiger partial charge in [-0.2, -0.15) is 0 Å². The van der Waals surface area contributed by atoms with Crippen molar-refractivity contribution >= 4 is 12.2 Å². The molecule has 0 aliphatic rings. The Labute approximate surface area is 170 Å². The third-order valence-corrected chi connectivity index (χ3v) is 3.38. The van der Waals surface area contributed by atoms with Gasteiger partial charge in [-0.25, -0.2) is 9.59 Å². The number of carbonyl (C=O) groups excluding carboxylic acids is 2. The topological polar surface area (TPSA) is 103 Å². The predicted octanol–water partition coefficient (Wildman–Crippen LogP) is 3.28. The van der Waals surface area contributed by atoms with Gasteiger partial charge in [0.15, 0.2) is 0 Å². The molecule has 0 aliphatic heterocycles. The van der Waals surface area contributed by atoms with Crippen molar-refractivity contribution in [2.75, 3.05) is 39.4 Å². The molecule has 0 saturated heterocycles. The number of alkyl carbamates (subject to hydrolysis) is 1. The number of nitrogens with one attached hydrogen (secondary N) is 1. The number of carbonyl (C=O) groups is 2. The Morgan fingerprint density at radius 3 is 2.00 bits per heavy atom. The Morgan fingerprint density at radius 2 is 1.43 bits per heavy atom. The van der Waals surface area contributed by atoms with Gasteiger partial charge in [0.2, 0.25) is 0 Å². The van der Waals surface area contributed by atoms with Crippen LogP contribution < -0.4 is 11.1 Å². The highest BCUT2D eigenvalue weighted by molar-refractivity contribution is 5.68. The minimum Gasteiger partial charge on any atom is -0.444 e. The third kappa shape index (κ3) is 16.6. The summed E-state index contributed by atoms with van der Waals surface area (Å²) in [5, 5.41) is 2.70. The summed E-state index contributed by atoms with van der Waals surface area (Å²) in [6.45, 7) is 14.5. The number of amides is 2. The molecule has 3 N–H and O–H groups in total. The Balaban J connectivity index is 3.84. The molecule has 0 aromatic heterocycles. The fourth-order valence-corrected chi connectivity index (χ4v) is 2.19. The first kappa shape index (κ1) is 26.5. The number of unbranched alkanes of at least 4 members (excludes halogenated alkanes) is 1. The van der Waals surface area contributed by atoms with Gasteiger partial charge >= 0.3 is 12.2 Å². The Hall–Kier alpha value is -1.54. The van der Waals surface area contributed by atoms with Gasteiger partial charge in [0, 0.05) is 32.8 Å². The second kappa shape index (κ2) is 13.6. The molecule has 2 amide bonds. The lowest BCUT2D eigenvalue weighted by Crippen LogP contribution is -2.38. The maximum absolute atomic E-state index is 12.2. The molecule has 0 fully saturated rings. The van der Waals surface area contributed by atoms with Crippen LogP contribution in [-0.2, 0) is 14.2 Å². The molecule has 8 heteroatoms. The largest absolute Gasteiger partial charge is 0.444 e. The molecule has 0 rings (SSSR count). The van der Waals surface area contributed by atoms with Gasteiger partial charge in [-0.15, -0.1) is 0 Å². The van der Waals surface area contributed by atoms with Crippen LogP contribution in [0.4, 0.5) is 9.59 Å². The first-order valence-corrected chi connectivity index (χ1v) is 10.2. The van der Waals surface area contributed by atoms with Crippen molar-refractivity contribution in [2.24, 2.45) is 5.73 Å². The second-order valence-corrected chi connectivity index (χ2v) is 8.71. The van der Waals surface area contributed by atoms with Gasteiger partial charge in [-0.1, -0.05) is 0 Å². The summed E-state index contributed by atoms with van der Waals surface area (Å²) in [5.74, 6) is 0. The normalized spacial score (nSPS) is 11.8. The SMILES string of the molecule is CC(C)(C)OC(=O)NCCCOCCCCN(CCCN)C(=O)OC(C)(C)C. The number of nitrogens with two attached hydrogens (primary N) is 1. The molecule has 0 saturated carbocycles. The molecule has 8 nitrogen and oxygen atoms in total. The zero-order valence-electron chi connectivity index (χ0n) is 18.6. The second-order valence-electron chi connectivity index (χ2n) is 8.71. The van der Waals surface area contributed by atoms with E-state index in [1.54, 1.807) is 4.90 Å². The van der Waals surface area contributed by atoms with E-state index in [4.69, 9.17) is 19.9 Å². The van der Waals surface area contributed by atoms with Crippen molar-refractivity contribution < 1.29 is 23.8 Å². The summed E-state index contributed by atoms with van der Waals surface area (Å²) in [4.78, 5) is 25.4. The van der Waals surface area contributed by atoms with Gasteiger partial charge < -0.3 is 30.2 Å². The van der Waals surface area contributed by atoms with E-state index in [0.29, 0.717) is 39.4 Å². The maximum atomic E-state index is 12.2. The first-order valence-electron chi connectivity index (χ1n) is 10.2. The zero-order valence-corrected chi connectivity index (χ0v) is 18.6. The highest BCUT2D eigenvalue weighted by atomic mass is 16.6. The maximum Gasteiger partial charge on any atom is 0.410 e. The lowest BCUT2D eigenvalue weighted by Gasteiger charge is -2.27. The fraction of sp³-hybridized carbons (Fsp3) is 0.900. The average Bonchev–Trinajstić information content (AvgIpc) is 2.52. The number of rotatable bonds is 12. The summed E-state index contributed by atoms with van der Waals surface area (Å²) in [5.41, 5.74) is 4.56. The smallest absolute Gasteiger partial charge is 0.410 e. The molecule has 0 radical (unpaired) electrons. The van der Waals surface area contributed by atoms with Crippen molar-refractivity contribution in [1.29, 1.82) is 0 Å². The molecule has 0 heterocycles. The first-order chi connectivity index (χ1) is 12.9. The van der Waals surface area contributed by atoms with Gasteiger partial charge in [0.05, 0.1) is 0 Å². The van der Waals surface area contributed by atoms with E-state index in [2.05, 4.69) is 5.32 Å². The summed E-state index contributed by atoms with van der Waals surface area (Å²) in [7, 11) is 0. The molecule has 0 aromatic carbocycles. The molecule has 0 unspecified atom stereocenters. The molecule has 0 atom stereocenters. The lowest BCUT2D eigenvalue weighted by molar-refractivity contribution is 0.0239. The number of hydrogen-bond donors (Lipinski definition) is 2. The van der Waals surface area contributed by atoms with Crippen LogP contribution in [-0.4, -0.2) is 67.7 Å². The monoisotopic (exact) mass is 403 g/mol. The van der Waals surface area contributed by atoms with E-state index in [9.17, 15) is 9.59 Å². The standard InChI is InChI=1S/C20H41N3O5/c1-19(2,3)27-17(24)22-12-10-16-26-15-8-7-13-23(14-9-11-21)18(25)28-20(4,5)6/h7-16,21H2,1-6H3,(H,22,24). The van der Waals surface area contributed by atoms with Gasteiger partial charge in [0.25, 0.3) is 0 Å². The van der Waals surface area contributed by atoms with Crippen molar-refractivity contribution in [3.63, 3.8) is 0 Å². The van der Waals surface area contributed by atoms with E-state index in [1.807, 2.05) is 41.5 Å². The van der Waals surface area contributed by atoms with Crippen LogP contribution in [0.15, 0.2) is 0 Å². The minimum atomic E-state index is -0.505. The van der Waals surface area contributed by atoms with Crippen LogP contribution >= 0.6 is 0 Å². The van der Waals surface area contributed by atoms with Gasteiger partial charge in [0.1, 0.15) is 11.2 Å². The van der Waals surface area contributed by atoms with Crippen molar-refractivity contribution in [1.82, 2.24) is 10.2 Å². The van der Waals surface area contributed by atoms with Crippen LogP contribution in [0.3, 0.4) is 0 Å². The summed E-state index contributed by atoms with van der Waals surface area (Å²) in [6, 6.07) is 0. The Kier molecular flexibility index (Phi) is 12.9. The lowest BCUT2D eigenvalue weighted by atomic mass is 10.2. The highest BCUT2D eigenvalue weighted by Gasteiger charge is 2.21. The molecule has 0 aliphatic carbocycles. The molecule has 28 heavy (non-hydrogen) atoms. The number of ether oxygens (including phenoxy) is 3. The van der Waals surface area contributed by atoms with Crippen LogP contribution in [0.2, 0.25) is 0 Å². The average molecular weight is 404 g/mol. The van der Waals surface area contributed by atoms with E-state index in [-0.39, 0.29) is 6.09 Å². The van der Waals surface area contributed by atoms with Gasteiger partial charge in [-0.05, 0) is 73.8 Å². The van der Waals surface area contributed by atoms with Crippen molar-refractivity contribution in [3.05, 3.63) is 0 Å². The summed E-state index contributed by atoms with van der Waals surface area (Å²) in [6.07, 6.45) is 2.45. The van der Waals surface area contributed by atoms with Crippen molar-refractivity contribution in [2.45, 2.75) is 78.4 Å². The van der Waals surface area contributed by atoms with Crippen molar-refractivity contribution in [3.8, 4) is 0 Å². The summed E-state index contributed by atoms with van der Waals surface area (Å²) >= 11 is 0. The summed E-state index contributed by atoms with van der Waals surface area (Å²) < 4.78 is 16.2. The van der Waals surface area contributed by atoms with Crippen LogP contribution in [0.1, 0.15) is 67.2 Å². The molecular weight excluding hydrogens is 362 g/mol. The number of nitrogens with zero attached hydrogens (tertiary/aromatic N) is 1. The molecular formula is C20H41N3O5.